The van der Waals surface area contributed by atoms with E-state index in [0.717, 1.165) is 17.1 Å². The molecule has 2 saturated heterocycles. The van der Waals surface area contributed by atoms with Crippen molar-refractivity contribution in [3.8, 4) is 0 Å². The van der Waals surface area contributed by atoms with E-state index in [4.69, 9.17) is 9.47 Å². The van der Waals surface area contributed by atoms with Crippen LogP contribution in [-0.4, -0.2) is 87.9 Å². The maximum Gasteiger partial charge on any atom is 0.328 e. The van der Waals surface area contributed by atoms with Crippen LogP contribution in [0.5, 0.6) is 0 Å². The first-order chi connectivity index (χ1) is 19.2. The van der Waals surface area contributed by atoms with Crippen LogP contribution in [0, 0.1) is 10.1 Å². The predicted octanol–water partition coefficient (Wildman–Crippen LogP) is 3.23. The van der Waals surface area contributed by atoms with Crippen LogP contribution in [-0.2, 0) is 35.1 Å². The summed E-state index contributed by atoms with van der Waals surface area (Å²) in [7, 11) is 0. The Labute approximate surface area is 243 Å². The quantitative estimate of drug-likeness (QED) is 0.130. The molecule has 3 atom stereocenters. The summed E-state index contributed by atoms with van der Waals surface area (Å²) in [6.07, 6.45) is 3.26. The molecule has 13 heteroatoms. The van der Waals surface area contributed by atoms with Gasteiger partial charge in [-0.05, 0) is 51.5 Å². The maximum absolute atomic E-state index is 13.7. The number of hydrogen-bond donors (Lipinski definition) is 1. The lowest BCUT2D eigenvalue weighted by Gasteiger charge is -2.29. The first-order valence-corrected chi connectivity index (χ1v) is 15.7. The van der Waals surface area contributed by atoms with Gasteiger partial charge in [-0.2, -0.15) is 0 Å². The zero-order valence-corrected chi connectivity index (χ0v) is 24.7. The molecule has 2 aliphatic rings. The number of amides is 1. The predicted molar refractivity (Wildman–Crippen MR) is 153 cm³/mol. The fourth-order valence-corrected chi connectivity index (χ4v) is 8.12. The van der Waals surface area contributed by atoms with Gasteiger partial charge in [0.2, 0.25) is 5.91 Å². The van der Waals surface area contributed by atoms with Crippen molar-refractivity contribution in [2.75, 3.05) is 37.9 Å². The van der Waals surface area contributed by atoms with E-state index < -0.39 is 35.2 Å². The molecule has 2 fully saturated rings. The molecule has 0 aliphatic carbocycles. The van der Waals surface area contributed by atoms with Crippen LogP contribution in [0.1, 0.15) is 51.5 Å². The molecule has 1 aromatic rings. The number of aryl methyl sites for hydroxylation is 1. The number of esters is 2. The largest absolute Gasteiger partial charge is 0.465 e. The second-order valence-electron chi connectivity index (χ2n) is 9.80. The number of likely N-dealkylation sites (tertiary alicyclic amines) is 1. The fraction of sp³-hybridized carbons (Fsp3) is 0.667. The maximum atomic E-state index is 13.7. The molecule has 1 spiro atoms. The highest BCUT2D eigenvalue weighted by Gasteiger charge is 2.52. The van der Waals surface area contributed by atoms with E-state index >= 15 is 0 Å². The van der Waals surface area contributed by atoms with Gasteiger partial charge in [-0.25, -0.2) is 4.79 Å². The highest BCUT2D eigenvalue weighted by molar-refractivity contribution is 8.21. The second-order valence-corrected chi connectivity index (χ2v) is 13.0. The Morgan fingerprint density at radius 3 is 2.50 bits per heavy atom. The standard InChI is InChI=1S/C27H39N3O8S2/c1-3-36-25(32)22(13-12-21-10-6-4-7-11-21)28-20(2)24(31)29-19-27(39-16-17-40-27)18-23(29)26(33)37-14-8-5-9-15-38-30(34)35/h4,6-7,10-11,20,22-23,28H,3,5,8-9,12-19H2,1-2H3. The first kappa shape index (κ1) is 32.0. The number of unbranched alkanes of at least 4 members (excludes halogenated alkanes) is 2. The summed E-state index contributed by atoms with van der Waals surface area (Å²) in [5, 5.41) is 12.6. The molecule has 222 valence electrons. The van der Waals surface area contributed by atoms with Gasteiger partial charge in [-0.3, -0.25) is 14.9 Å². The number of rotatable bonds is 16. The van der Waals surface area contributed by atoms with Crippen LogP contribution in [0.25, 0.3) is 0 Å². The summed E-state index contributed by atoms with van der Waals surface area (Å²) < 4.78 is 10.6. The lowest BCUT2D eigenvalue weighted by atomic mass is 10.0. The van der Waals surface area contributed by atoms with Crippen molar-refractivity contribution in [3.05, 3.63) is 46.0 Å². The van der Waals surface area contributed by atoms with Crippen molar-refractivity contribution in [2.24, 2.45) is 0 Å². The number of thioether (sulfide) groups is 2. The number of nitrogens with zero attached hydrogens (tertiary/aromatic N) is 2. The number of benzene rings is 1. The van der Waals surface area contributed by atoms with E-state index in [1.165, 1.54) is 0 Å². The summed E-state index contributed by atoms with van der Waals surface area (Å²) in [5.41, 5.74) is 1.09. The number of carbonyl (C=O) groups excluding carboxylic acids is 3. The minimum Gasteiger partial charge on any atom is -0.465 e. The Balaban J connectivity index is 1.60. The lowest BCUT2D eigenvalue weighted by molar-refractivity contribution is -0.757. The molecule has 3 rings (SSSR count). The SMILES string of the molecule is CCOC(=O)C(CCc1ccccc1)NC(C)C(=O)N1CC2(CC1C(=O)OCCCCCO[N+](=O)[O-])SCCS2. The van der Waals surface area contributed by atoms with Crippen molar-refractivity contribution < 1.29 is 33.8 Å². The number of hydrogen-bond acceptors (Lipinski definition) is 11. The van der Waals surface area contributed by atoms with Crippen molar-refractivity contribution in [2.45, 2.75) is 74.6 Å². The monoisotopic (exact) mass is 597 g/mol. The smallest absolute Gasteiger partial charge is 0.328 e. The Morgan fingerprint density at radius 2 is 1.82 bits per heavy atom. The van der Waals surface area contributed by atoms with Crippen LogP contribution in [0.15, 0.2) is 30.3 Å². The van der Waals surface area contributed by atoms with Gasteiger partial charge < -0.3 is 19.2 Å². The molecular formula is C27H39N3O8S2. The van der Waals surface area contributed by atoms with Crippen LogP contribution in [0.2, 0.25) is 0 Å². The summed E-state index contributed by atoms with van der Waals surface area (Å²) in [6, 6.07) is 7.72. The molecule has 0 aromatic heterocycles. The van der Waals surface area contributed by atoms with E-state index in [2.05, 4.69) is 10.2 Å². The Hall–Kier alpha value is -2.51. The van der Waals surface area contributed by atoms with Gasteiger partial charge in [0.25, 0.3) is 5.09 Å². The van der Waals surface area contributed by atoms with Crippen LogP contribution in [0.4, 0.5) is 0 Å². The van der Waals surface area contributed by atoms with Gasteiger partial charge in [-0.15, -0.1) is 33.6 Å². The van der Waals surface area contributed by atoms with Gasteiger partial charge in [0, 0.05) is 24.5 Å². The van der Waals surface area contributed by atoms with E-state index in [9.17, 15) is 24.5 Å². The molecule has 0 saturated carbocycles. The van der Waals surface area contributed by atoms with Gasteiger partial charge in [-0.1, -0.05) is 30.3 Å². The van der Waals surface area contributed by atoms with Crippen molar-refractivity contribution in [3.63, 3.8) is 0 Å². The molecule has 0 radical (unpaired) electrons. The summed E-state index contributed by atoms with van der Waals surface area (Å²) in [4.78, 5) is 55.7. The van der Waals surface area contributed by atoms with E-state index in [1.807, 2.05) is 30.3 Å². The van der Waals surface area contributed by atoms with Gasteiger partial charge in [0.15, 0.2) is 0 Å². The number of nitrogens with one attached hydrogen (secondary N) is 1. The Morgan fingerprint density at radius 1 is 1.12 bits per heavy atom. The third kappa shape index (κ3) is 9.55. The molecule has 11 nitrogen and oxygen atoms in total. The minimum absolute atomic E-state index is 0.00580. The topological polar surface area (TPSA) is 137 Å². The Bertz CT molecular complexity index is 993. The zero-order chi connectivity index (χ0) is 29.0. The third-order valence-corrected chi connectivity index (χ3v) is 10.3. The highest BCUT2D eigenvalue weighted by Crippen LogP contribution is 2.52. The average molecular weight is 598 g/mol. The van der Waals surface area contributed by atoms with Crippen LogP contribution in [0.3, 0.4) is 0 Å². The molecule has 0 bridgehead atoms. The van der Waals surface area contributed by atoms with Crippen molar-refractivity contribution >= 4 is 41.4 Å². The first-order valence-electron chi connectivity index (χ1n) is 13.7. The Kier molecular flexibility index (Phi) is 12.9. The summed E-state index contributed by atoms with van der Waals surface area (Å²) >= 11 is 3.55. The van der Waals surface area contributed by atoms with Crippen molar-refractivity contribution in [1.29, 1.82) is 0 Å². The summed E-state index contributed by atoms with van der Waals surface area (Å²) in [6.45, 7) is 4.31. The molecule has 1 aromatic carbocycles. The molecule has 2 aliphatic heterocycles. The normalized spacial score (nSPS) is 19.2. The second kappa shape index (κ2) is 16.1. The van der Waals surface area contributed by atoms with Crippen LogP contribution < -0.4 is 5.32 Å². The zero-order valence-electron chi connectivity index (χ0n) is 23.1. The number of carbonyl (C=O) groups is 3. The van der Waals surface area contributed by atoms with Gasteiger partial charge in [0.05, 0.1) is 29.9 Å². The van der Waals surface area contributed by atoms with Gasteiger partial charge >= 0.3 is 11.9 Å². The lowest BCUT2D eigenvalue weighted by Crippen LogP contribution is -2.53. The molecule has 40 heavy (non-hydrogen) atoms. The van der Waals surface area contributed by atoms with Gasteiger partial charge in [0.1, 0.15) is 12.1 Å². The average Bonchev–Trinajstić information content (AvgIpc) is 3.56. The third-order valence-electron chi connectivity index (χ3n) is 6.85. The molecule has 1 amide bonds. The fourth-order valence-electron chi connectivity index (χ4n) is 4.87. The highest BCUT2D eigenvalue weighted by atomic mass is 32.2. The van der Waals surface area contributed by atoms with Crippen molar-refractivity contribution in [1.82, 2.24) is 10.2 Å². The van der Waals surface area contributed by atoms with Crippen LogP contribution >= 0.6 is 23.5 Å². The summed E-state index contributed by atoms with van der Waals surface area (Å²) in [5.74, 6) is 0.811. The van der Waals surface area contributed by atoms with E-state index in [0.29, 0.717) is 45.1 Å². The molecular weight excluding hydrogens is 558 g/mol. The molecule has 3 unspecified atom stereocenters. The molecule has 1 N–H and O–H groups in total. The minimum atomic E-state index is -0.825. The molecule has 2 heterocycles. The van der Waals surface area contributed by atoms with E-state index in [1.54, 1.807) is 42.3 Å². The number of ether oxygens (including phenoxy) is 2. The van der Waals surface area contributed by atoms with E-state index in [-0.39, 0.29) is 29.8 Å².